The molecule has 4 heteroatoms. The highest BCUT2D eigenvalue weighted by atomic mass is 16.2. The van der Waals surface area contributed by atoms with Gasteiger partial charge in [-0.2, -0.15) is 0 Å². The van der Waals surface area contributed by atoms with Crippen LogP contribution in [0.1, 0.15) is 11.6 Å². The van der Waals surface area contributed by atoms with Gasteiger partial charge in [0, 0.05) is 31.4 Å². The van der Waals surface area contributed by atoms with Crippen molar-refractivity contribution in [2.24, 2.45) is 5.73 Å². The number of carbonyl (C=O) groups excluding carboxylic acids is 1. The van der Waals surface area contributed by atoms with Crippen molar-refractivity contribution in [2.45, 2.75) is 6.04 Å². The van der Waals surface area contributed by atoms with E-state index in [-0.39, 0.29) is 5.91 Å². The Kier molecular flexibility index (Phi) is 3.71. The van der Waals surface area contributed by atoms with Gasteiger partial charge in [-0.1, -0.05) is 18.2 Å². The molecule has 0 saturated carbocycles. The zero-order valence-corrected chi connectivity index (χ0v) is 11.2. The van der Waals surface area contributed by atoms with Gasteiger partial charge < -0.3 is 15.5 Å². The Morgan fingerprint density at radius 2 is 2.00 bits per heavy atom. The van der Waals surface area contributed by atoms with Crippen LogP contribution >= 0.6 is 0 Å². The number of hydrogen-bond donors (Lipinski definition) is 1. The van der Waals surface area contributed by atoms with Crippen LogP contribution in [0.3, 0.4) is 0 Å². The third-order valence-electron chi connectivity index (χ3n) is 3.37. The molecule has 1 amide bonds. The summed E-state index contributed by atoms with van der Waals surface area (Å²) in [6, 6.07) is 5.36. The molecule has 4 nitrogen and oxygen atoms in total. The molecule has 0 fully saturated rings. The van der Waals surface area contributed by atoms with Crippen LogP contribution in [0.15, 0.2) is 43.5 Å². The molecule has 0 saturated heterocycles. The minimum atomic E-state index is -0.540. The number of hydrogen-bond acceptors (Lipinski definition) is 3. The van der Waals surface area contributed by atoms with Crippen molar-refractivity contribution in [3.8, 4) is 0 Å². The predicted octanol–water partition coefficient (Wildman–Crippen LogP) is 1.84. The van der Waals surface area contributed by atoms with Gasteiger partial charge in [0.2, 0.25) is 5.91 Å². The zero-order valence-electron chi connectivity index (χ0n) is 11.2. The Labute approximate surface area is 113 Å². The molecular formula is C15H19N3O. The van der Waals surface area contributed by atoms with Crippen molar-refractivity contribution in [2.75, 3.05) is 29.9 Å². The van der Waals surface area contributed by atoms with Gasteiger partial charge in [0.1, 0.15) is 6.04 Å². The van der Waals surface area contributed by atoms with Crippen molar-refractivity contribution in [1.29, 1.82) is 0 Å². The molecule has 1 aromatic rings. The number of amides is 1. The molecule has 0 aromatic heterocycles. The number of likely N-dealkylation sites (N-methyl/N-ethyl adjacent to an activating group) is 1. The smallest absolute Gasteiger partial charge is 0.248 e. The van der Waals surface area contributed by atoms with E-state index >= 15 is 0 Å². The fraction of sp³-hybridized carbons (Fsp3) is 0.267. The maximum atomic E-state index is 11.8. The van der Waals surface area contributed by atoms with Crippen LogP contribution in [0.25, 0.3) is 0 Å². The van der Waals surface area contributed by atoms with E-state index in [1.807, 2.05) is 30.4 Å². The van der Waals surface area contributed by atoms with Crippen molar-refractivity contribution < 1.29 is 4.79 Å². The average Bonchev–Trinajstić information content (AvgIpc) is 2.63. The number of benzene rings is 1. The van der Waals surface area contributed by atoms with E-state index in [0.29, 0.717) is 0 Å². The van der Waals surface area contributed by atoms with Gasteiger partial charge in [0.25, 0.3) is 0 Å². The third-order valence-corrected chi connectivity index (χ3v) is 3.37. The number of carbonyl (C=O) groups is 1. The van der Waals surface area contributed by atoms with Crippen LogP contribution in [0.2, 0.25) is 0 Å². The van der Waals surface area contributed by atoms with Crippen LogP contribution in [0.5, 0.6) is 0 Å². The van der Waals surface area contributed by atoms with Gasteiger partial charge in [0.15, 0.2) is 0 Å². The second kappa shape index (κ2) is 5.28. The maximum absolute atomic E-state index is 11.8. The SMILES string of the molecule is C=CCN(CC=C)c1ccc2c(c1)N(C)C(=O)C2N. The lowest BCUT2D eigenvalue weighted by Gasteiger charge is -2.23. The van der Waals surface area contributed by atoms with Crippen molar-refractivity contribution in [3.05, 3.63) is 49.1 Å². The van der Waals surface area contributed by atoms with Crippen LogP contribution < -0.4 is 15.5 Å². The molecule has 0 spiro atoms. The topological polar surface area (TPSA) is 49.6 Å². The van der Waals surface area contributed by atoms with E-state index in [0.717, 1.165) is 30.0 Å². The minimum Gasteiger partial charge on any atom is -0.364 e. The monoisotopic (exact) mass is 257 g/mol. The molecule has 100 valence electrons. The van der Waals surface area contributed by atoms with E-state index in [9.17, 15) is 4.79 Å². The highest BCUT2D eigenvalue weighted by Gasteiger charge is 2.32. The Morgan fingerprint density at radius 1 is 1.37 bits per heavy atom. The number of nitrogens with two attached hydrogens (primary N) is 1. The zero-order chi connectivity index (χ0) is 14.0. The van der Waals surface area contributed by atoms with Gasteiger partial charge in [-0.25, -0.2) is 0 Å². The molecule has 0 aliphatic carbocycles. The number of fused-ring (bicyclic) bond motifs is 1. The predicted molar refractivity (Wildman–Crippen MR) is 79.4 cm³/mol. The van der Waals surface area contributed by atoms with Gasteiger partial charge in [-0.15, -0.1) is 13.2 Å². The molecule has 1 aromatic carbocycles. The van der Waals surface area contributed by atoms with Crippen molar-refractivity contribution in [3.63, 3.8) is 0 Å². The van der Waals surface area contributed by atoms with Gasteiger partial charge >= 0.3 is 0 Å². The van der Waals surface area contributed by atoms with Crippen LogP contribution in [0, 0.1) is 0 Å². The molecule has 1 heterocycles. The quantitative estimate of drug-likeness (QED) is 0.819. The van der Waals surface area contributed by atoms with Crippen LogP contribution in [-0.4, -0.2) is 26.0 Å². The normalized spacial score (nSPS) is 17.3. The molecule has 2 N–H and O–H groups in total. The summed E-state index contributed by atoms with van der Waals surface area (Å²) < 4.78 is 0. The van der Waals surface area contributed by atoms with E-state index < -0.39 is 6.04 Å². The van der Waals surface area contributed by atoms with Gasteiger partial charge in [-0.05, 0) is 12.1 Å². The number of nitrogens with zero attached hydrogens (tertiary/aromatic N) is 2. The molecule has 1 aliphatic rings. The second-order valence-electron chi connectivity index (χ2n) is 4.60. The number of anilines is 2. The molecule has 19 heavy (non-hydrogen) atoms. The maximum Gasteiger partial charge on any atom is 0.248 e. The standard InChI is InChI=1S/C15H19N3O/c1-4-8-18(9-5-2)11-6-7-12-13(10-11)17(3)15(19)14(12)16/h4-7,10,14H,1-2,8-9,16H2,3H3. The molecule has 0 bridgehead atoms. The van der Waals surface area contributed by atoms with Crippen molar-refractivity contribution in [1.82, 2.24) is 0 Å². The summed E-state index contributed by atoms with van der Waals surface area (Å²) in [4.78, 5) is 15.6. The highest BCUT2D eigenvalue weighted by molar-refractivity contribution is 6.04. The van der Waals surface area contributed by atoms with Crippen LogP contribution in [-0.2, 0) is 4.79 Å². The lowest BCUT2D eigenvalue weighted by atomic mass is 10.1. The first kappa shape index (κ1) is 13.4. The lowest BCUT2D eigenvalue weighted by Crippen LogP contribution is -2.28. The Morgan fingerprint density at radius 3 is 2.58 bits per heavy atom. The largest absolute Gasteiger partial charge is 0.364 e. The molecule has 2 rings (SSSR count). The third kappa shape index (κ3) is 2.27. The van der Waals surface area contributed by atoms with E-state index in [1.165, 1.54) is 0 Å². The van der Waals surface area contributed by atoms with E-state index in [4.69, 9.17) is 5.73 Å². The highest BCUT2D eigenvalue weighted by Crippen LogP contribution is 2.36. The fourth-order valence-corrected chi connectivity index (χ4v) is 2.34. The molecule has 1 aliphatic heterocycles. The summed E-state index contributed by atoms with van der Waals surface area (Å²) in [5.74, 6) is -0.0638. The Hall–Kier alpha value is -2.07. The number of rotatable bonds is 5. The second-order valence-corrected chi connectivity index (χ2v) is 4.60. The average molecular weight is 257 g/mol. The Bertz CT molecular complexity index is 514. The summed E-state index contributed by atoms with van der Waals surface area (Å²) >= 11 is 0. The van der Waals surface area contributed by atoms with Gasteiger partial charge in [0.05, 0.1) is 5.69 Å². The lowest BCUT2D eigenvalue weighted by molar-refractivity contribution is -0.118. The molecular weight excluding hydrogens is 238 g/mol. The summed E-state index contributed by atoms with van der Waals surface area (Å²) in [5, 5.41) is 0. The summed E-state index contributed by atoms with van der Waals surface area (Å²) in [7, 11) is 1.75. The van der Waals surface area contributed by atoms with E-state index in [2.05, 4.69) is 18.1 Å². The minimum absolute atomic E-state index is 0.0638. The van der Waals surface area contributed by atoms with E-state index in [1.54, 1.807) is 11.9 Å². The molecule has 0 radical (unpaired) electrons. The molecule has 1 atom stereocenters. The molecule has 1 unspecified atom stereocenters. The summed E-state index contributed by atoms with van der Waals surface area (Å²) in [6.45, 7) is 8.98. The first-order valence-corrected chi connectivity index (χ1v) is 6.24. The Balaban J connectivity index is 2.38. The van der Waals surface area contributed by atoms with Crippen LogP contribution in [0.4, 0.5) is 11.4 Å². The first-order chi connectivity index (χ1) is 9.10. The first-order valence-electron chi connectivity index (χ1n) is 6.24. The summed E-state index contributed by atoms with van der Waals surface area (Å²) in [5.41, 5.74) is 8.69. The fourth-order valence-electron chi connectivity index (χ4n) is 2.34. The van der Waals surface area contributed by atoms with Crippen molar-refractivity contribution >= 4 is 17.3 Å². The summed E-state index contributed by atoms with van der Waals surface area (Å²) in [6.07, 6.45) is 3.69. The van der Waals surface area contributed by atoms with Gasteiger partial charge in [-0.3, -0.25) is 4.79 Å².